The molecule has 1 aliphatic heterocycles. The molecule has 0 amide bonds. The molecule has 0 aromatic carbocycles. The van der Waals surface area contributed by atoms with Gasteiger partial charge in [0.15, 0.2) is 6.29 Å². The van der Waals surface area contributed by atoms with Crippen molar-refractivity contribution in [2.24, 2.45) is 23.1 Å². The van der Waals surface area contributed by atoms with Crippen molar-refractivity contribution in [3.05, 3.63) is 0 Å². The minimum absolute atomic E-state index is 0.0502. The number of hydrogen-bond acceptors (Lipinski definition) is 9. The number of rotatable bonds is 3. The molecule has 0 spiro atoms. The fraction of sp³-hybridized carbons (Fsp3) is 1.00. The Bertz CT molecular complexity index is 374. The lowest BCUT2D eigenvalue weighted by Gasteiger charge is -2.45. The largest absolute Gasteiger partial charge is 0.390 e. The highest BCUT2D eigenvalue weighted by atomic mass is 16.7. The summed E-state index contributed by atoms with van der Waals surface area (Å²) in [6.45, 7) is 1.74. The van der Waals surface area contributed by atoms with Gasteiger partial charge in [0.05, 0.1) is 6.10 Å². The molecular weight excluding hydrogens is 294 g/mol. The normalized spacial score (nSPS) is 53.5. The molecule has 1 aliphatic carbocycles. The van der Waals surface area contributed by atoms with Gasteiger partial charge in [-0.2, -0.15) is 0 Å². The molecule has 2 rings (SSSR count). The van der Waals surface area contributed by atoms with E-state index in [4.69, 9.17) is 26.7 Å². The van der Waals surface area contributed by atoms with Gasteiger partial charge in [-0.25, -0.2) is 0 Å². The zero-order chi connectivity index (χ0) is 16.6. The molecule has 22 heavy (non-hydrogen) atoms. The first-order valence-electron chi connectivity index (χ1n) is 7.52. The smallest absolute Gasteiger partial charge is 0.187 e. The van der Waals surface area contributed by atoms with Crippen molar-refractivity contribution in [1.82, 2.24) is 0 Å². The van der Waals surface area contributed by atoms with E-state index in [1.54, 1.807) is 6.92 Å². The van der Waals surface area contributed by atoms with Gasteiger partial charge in [-0.05, 0) is 12.3 Å². The van der Waals surface area contributed by atoms with Crippen LogP contribution in [0.25, 0.3) is 0 Å². The van der Waals surface area contributed by atoms with Crippen molar-refractivity contribution in [2.45, 2.75) is 68.3 Å². The molecule has 0 aromatic heterocycles. The van der Waals surface area contributed by atoms with E-state index in [-0.39, 0.29) is 18.5 Å². The second-order valence-corrected chi connectivity index (χ2v) is 6.26. The number of ether oxygens (including phenoxy) is 2. The fourth-order valence-corrected chi connectivity index (χ4v) is 3.03. The van der Waals surface area contributed by atoms with Crippen LogP contribution < -0.4 is 17.2 Å². The van der Waals surface area contributed by atoms with Gasteiger partial charge in [0.25, 0.3) is 0 Å². The molecule has 1 saturated heterocycles. The minimum Gasteiger partial charge on any atom is -0.390 e. The Morgan fingerprint density at radius 2 is 1.64 bits per heavy atom. The topological polar surface area (TPSA) is 177 Å². The van der Waals surface area contributed by atoms with E-state index in [0.717, 1.165) is 0 Å². The Morgan fingerprint density at radius 3 is 2.23 bits per heavy atom. The third-order valence-corrected chi connectivity index (χ3v) is 4.71. The van der Waals surface area contributed by atoms with Crippen LogP contribution in [0, 0.1) is 5.92 Å². The van der Waals surface area contributed by atoms with E-state index in [1.807, 2.05) is 0 Å². The summed E-state index contributed by atoms with van der Waals surface area (Å²) in [5.41, 5.74) is 17.3. The molecule has 0 radical (unpaired) electrons. The highest BCUT2D eigenvalue weighted by Crippen LogP contribution is 2.29. The van der Waals surface area contributed by atoms with Crippen molar-refractivity contribution in [1.29, 1.82) is 0 Å². The zero-order valence-corrected chi connectivity index (χ0v) is 12.5. The van der Waals surface area contributed by atoms with E-state index >= 15 is 0 Å². The zero-order valence-electron chi connectivity index (χ0n) is 12.5. The maximum Gasteiger partial charge on any atom is 0.187 e. The van der Waals surface area contributed by atoms with Crippen LogP contribution in [0.4, 0.5) is 0 Å². The van der Waals surface area contributed by atoms with Gasteiger partial charge in [-0.3, -0.25) is 0 Å². The van der Waals surface area contributed by atoms with Crippen LogP contribution in [0.5, 0.6) is 0 Å². The van der Waals surface area contributed by atoms with E-state index in [1.165, 1.54) is 0 Å². The number of aliphatic hydroxyl groups is 4. The summed E-state index contributed by atoms with van der Waals surface area (Å²) in [6, 6.07) is -0.774. The van der Waals surface area contributed by atoms with Gasteiger partial charge in [-0.1, -0.05) is 6.92 Å². The molecule has 9 heteroatoms. The summed E-state index contributed by atoms with van der Waals surface area (Å²) in [4.78, 5) is 0. The molecule has 2 fully saturated rings. The number of hydrogen-bond donors (Lipinski definition) is 7. The molecule has 9 nitrogen and oxygen atoms in total. The van der Waals surface area contributed by atoms with Crippen molar-refractivity contribution in [3.63, 3.8) is 0 Å². The van der Waals surface area contributed by atoms with Gasteiger partial charge in [-0.15, -0.1) is 0 Å². The second kappa shape index (κ2) is 7.04. The van der Waals surface area contributed by atoms with Crippen LogP contribution in [0.2, 0.25) is 0 Å². The molecule has 0 bridgehead atoms. The Kier molecular flexibility index (Phi) is 5.75. The quantitative estimate of drug-likeness (QED) is 0.274. The van der Waals surface area contributed by atoms with Gasteiger partial charge in [0.1, 0.15) is 30.5 Å². The van der Waals surface area contributed by atoms with E-state index in [9.17, 15) is 20.4 Å². The highest BCUT2D eigenvalue weighted by Gasteiger charge is 2.47. The Hall–Kier alpha value is -0.360. The average Bonchev–Trinajstić information content (AvgIpc) is 2.49. The SMILES string of the molecule is CC1C(O)[C@H](O[C@H]2OC(CN)[C@@H](O)C(O)C2O)C(N)C[C@H]1N. The van der Waals surface area contributed by atoms with Crippen molar-refractivity contribution < 1.29 is 29.9 Å². The number of nitrogens with two attached hydrogens (primary N) is 3. The Morgan fingerprint density at radius 1 is 1.00 bits per heavy atom. The van der Waals surface area contributed by atoms with Gasteiger partial charge in [0.2, 0.25) is 0 Å². The van der Waals surface area contributed by atoms with Gasteiger partial charge < -0.3 is 47.1 Å². The monoisotopic (exact) mass is 321 g/mol. The van der Waals surface area contributed by atoms with E-state index in [0.29, 0.717) is 6.42 Å². The molecule has 0 aromatic rings. The summed E-state index contributed by atoms with van der Waals surface area (Å²) >= 11 is 0. The molecular formula is C13H27N3O6. The molecule has 1 heterocycles. The molecule has 10 atom stereocenters. The summed E-state index contributed by atoms with van der Waals surface area (Å²) in [7, 11) is 0. The molecule has 130 valence electrons. The van der Waals surface area contributed by atoms with E-state index in [2.05, 4.69) is 0 Å². The Labute approximate surface area is 129 Å². The maximum atomic E-state index is 10.3. The fourth-order valence-electron chi connectivity index (χ4n) is 3.03. The Balaban J connectivity index is 2.08. The molecule has 1 saturated carbocycles. The van der Waals surface area contributed by atoms with Crippen molar-refractivity contribution >= 4 is 0 Å². The third kappa shape index (κ3) is 3.28. The second-order valence-electron chi connectivity index (χ2n) is 6.26. The maximum absolute atomic E-state index is 10.3. The summed E-state index contributed by atoms with van der Waals surface area (Å²) in [6.07, 6.45) is -7.61. The van der Waals surface area contributed by atoms with E-state index < -0.39 is 49.0 Å². The van der Waals surface area contributed by atoms with Crippen LogP contribution in [0.15, 0.2) is 0 Å². The average molecular weight is 321 g/mol. The van der Waals surface area contributed by atoms with Crippen LogP contribution in [-0.2, 0) is 9.47 Å². The highest BCUT2D eigenvalue weighted by molar-refractivity contribution is 4.97. The van der Waals surface area contributed by atoms with Gasteiger partial charge >= 0.3 is 0 Å². The lowest BCUT2D eigenvalue weighted by atomic mass is 9.79. The van der Waals surface area contributed by atoms with Crippen LogP contribution in [0.3, 0.4) is 0 Å². The predicted molar refractivity (Wildman–Crippen MR) is 76.3 cm³/mol. The van der Waals surface area contributed by atoms with Crippen LogP contribution in [-0.4, -0.2) is 82.0 Å². The minimum atomic E-state index is -1.47. The first-order chi connectivity index (χ1) is 10.3. The first kappa shape index (κ1) is 18.0. The molecule has 6 unspecified atom stereocenters. The van der Waals surface area contributed by atoms with Crippen LogP contribution >= 0.6 is 0 Å². The summed E-state index contributed by atoms with van der Waals surface area (Å²) in [5, 5.41) is 39.9. The lowest BCUT2D eigenvalue weighted by Crippen LogP contribution is -2.64. The summed E-state index contributed by atoms with van der Waals surface area (Å²) < 4.78 is 11.0. The molecule has 10 N–H and O–H groups in total. The van der Waals surface area contributed by atoms with Gasteiger partial charge in [0, 0.05) is 18.6 Å². The number of aliphatic hydroxyl groups excluding tert-OH is 4. The third-order valence-electron chi connectivity index (χ3n) is 4.71. The summed E-state index contributed by atoms with van der Waals surface area (Å²) in [5.74, 6) is -0.230. The van der Waals surface area contributed by atoms with Crippen molar-refractivity contribution in [3.8, 4) is 0 Å². The predicted octanol–water partition coefficient (Wildman–Crippen LogP) is -3.81. The standard InChI is InChI=1S/C13H27N3O6/c1-4-5(15)2-6(16)12(8(4)17)22-13-11(20)10(19)9(18)7(3-14)21-13/h4-13,17-20H,2-3,14-16H2,1H3/t4?,5-,6?,7?,8?,9-,10?,11?,12-,13-/m1/s1. The molecule has 2 aliphatic rings. The first-order valence-corrected chi connectivity index (χ1v) is 7.52. The van der Waals surface area contributed by atoms with Crippen LogP contribution in [0.1, 0.15) is 13.3 Å². The van der Waals surface area contributed by atoms with Crippen molar-refractivity contribution in [2.75, 3.05) is 6.54 Å². The lowest BCUT2D eigenvalue weighted by molar-refractivity contribution is -0.316.